The van der Waals surface area contributed by atoms with Gasteiger partial charge in [0.15, 0.2) is 0 Å². The van der Waals surface area contributed by atoms with Crippen molar-refractivity contribution >= 4 is 6.09 Å². The van der Waals surface area contributed by atoms with Gasteiger partial charge in [0.2, 0.25) is 0 Å². The van der Waals surface area contributed by atoms with Crippen LogP contribution in [0.5, 0.6) is 0 Å². The third-order valence-electron chi connectivity index (χ3n) is 2.65. The molecule has 3 N–H and O–H groups in total. The van der Waals surface area contributed by atoms with E-state index in [1.165, 1.54) is 0 Å². The third-order valence-corrected chi connectivity index (χ3v) is 2.65. The van der Waals surface area contributed by atoms with Gasteiger partial charge in [-0.3, -0.25) is 0 Å². The van der Waals surface area contributed by atoms with Crippen LogP contribution in [0.2, 0.25) is 0 Å². The first-order valence-electron chi connectivity index (χ1n) is 5.63. The number of rotatable bonds is 2. The zero-order chi connectivity index (χ0) is 12.4. The minimum atomic E-state index is -0.478. The number of aliphatic hydroxyl groups excluding tert-OH is 1. The van der Waals surface area contributed by atoms with Gasteiger partial charge < -0.3 is 20.5 Å². The zero-order valence-corrected chi connectivity index (χ0v) is 10.3. The molecule has 0 unspecified atom stereocenters. The highest BCUT2D eigenvalue weighted by atomic mass is 16.6. The molecule has 5 nitrogen and oxygen atoms in total. The van der Waals surface area contributed by atoms with Crippen LogP contribution in [0.25, 0.3) is 0 Å². The molecule has 0 aromatic rings. The largest absolute Gasteiger partial charge is 0.444 e. The first kappa shape index (κ1) is 13.3. The van der Waals surface area contributed by atoms with Crippen molar-refractivity contribution in [2.24, 2.45) is 5.73 Å². The van der Waals surface area contributed by atoms with Crippen molar-refractivity contribution in [1.82, 2.24) is 4.90 Å². The summed E-state index contributed by atoms with van der Waals surface area (Å²) in [5.74, 6) is 0. The van der Waals surface area contributed by atoms with E-state index in [1.54, 1.807) is 4.90 Å². The Balaban J connectivity index is 2.50. The number of nitrogens with zero attached hydrogens (tertiary/aromatic N) is 1. The highest BCUT2D eigenvalue weighted by Gasteiger charge is 2.37. The van der Waals surface area contributed by atoms with Gasteiger partial charge in [-0.05, 0) is 33.6 Å². The molecule has 0 spiro atoms. The van der Waals surface area contributed by atoms with Crippen LogP contribution in [0, 0.1) is 0 Å². The number of ether oxygens (including phenoxy) is 1. The smallest absolute Gasteiger partial charge is 0.410 e. The molecule has 5 heteroatoms. The van der Waals surface area contributed by atoms with Gasteiger partial charge in [0.05, 0.1) is 0 Å². The lowest BCUT2D eigenvalue weighted by atomic mass is 9.96. The van der Waals surface area contributed by atoms with Crippen molar-refractivity contribution in [1.29, 1.82) is 0 Å². The van der Waals surface area contributed by atoms with Crippen LogP contribution in [0.3, 0.4) is 0 Å². The van der Waals surface area contributed by atoms with Gasteiger partial charge in [-0.25, -0.2) is 4.79 Å². The molecule has 0 aromatic carbocycles. The molecule has 1 amide bonds. The van der Waals surface area contributed by atoms with Crippen molar-refractivity contribution in [2.45, 2.75) is 44.8 Å². The van der Waals surface area contributed by atoms with E-state index in [-0.39, 0.29) is 12.7 Å². The van der Waals surface area contributed by atoms with Crippen molar-refractivity contribution in [3.63, 3.8) is 0 Å². The van der Waals surface area contributed by atoms with E-state index in [0.717, 1.165) is 0 Å². The Kier molecular flexibility index (Phi) is 3.80. The minimum absolute atomic E-state index is 0.0542. The fourth-order valence-corrected chi connectivity index (χ4v) is 1.80. The van der Waals surface area contributed by atoms with Crippen LogP contribution in [-0.4, -0.2) is 46.9 Å². The number of likely N-dealkylation sites (tertiary alicyclic amines) is 1. The fourth-order valence-electron chi connectivity index (χ4n) is 1.80. The number of amides is 1. The Morgan fingerprint density at radius 1 is 1.56 bits per heavy atom. The maximum absolute atomic E-state index is 11.7. The average molecular weight is 230 g/mol. The second kappa shape index (κ2) is 4.59. The lowest BCUT2D eigenvalue weighted by Crippen LogP contribution is -2.45. The summed E-state index contributed by atoms with van der Waals surface area (Å²) in [6, 6.07) is 0. The van der Waals surface area contributed by atoms with Crippen molar-refractivity contribution < 1.29 is 14.6 Å². The molecule has 1 aliphatic rings. The number of carbonyl (C=O) groups is 1. The Morgan fingerprint density at radius 3 is 2.69 bits per heavy atom. The van der Waals surface area contributed by atoms with Crippen LogP contribution in [-0.2, 0) is 4.74 Å². The molecular formula is C11H22N2O3. The summed E-state index contributed by atoms with van der Waals surface area (Å²) in [7, 11) is 0. The molecule has 1 aliphatic heterocycles. The van der Waals surface area contributed by atoms with E-state index in [1.807, 2.05) is 20.8 Å². The third kappa shape index (κ3) is 3.64. The monoisotopic (exact) mass is 230 g/mol. The molecule has 0 saturated carbocycles. The Morgan fingerprint density at radius 2 is 2.19 bits per heavy atom. The highest BCUT2D eigenvalue weighted by Crippen LogP contribution is 2.23. The molecule has 0 radical (unpaired) electrons. The van der Waals surface area contributed by atoms with Crippen LogP contribution in [0.15, 0.2) is 0 Å². The SMILES string of the molecule is CC(C)(C)OC(=O)N1CC[C@](N)(CCO)C1. The highest BCUT2D eigenvalue weighted by molar-refractivity contribution is 5.68. The second-order valence-corrected chi connectivity index (χ2v) is 5.49. The molecule has 1 rings (SSSR count). The normalized spacial score (nSPS) is 25.9. The minimum Gasteiger partial charge on any atom is -0.444 e. The number of aliphatic hydroxyl groups is 1. The number of hydrogen-bond donors (Lipinski definition) is 2. The standard InChI is InChI=1S/C11H22N2O3/c1-10(2,3)16-9(15)13-6-4-11(12,8-13)5-7-14/h14H,4-8,12H2,1-3H3/t11-/m0/s1. The van der Waals surface area contributed by atoms with Crippen LogP contribution in [0.4, 0.5) is 4.79 Å². The molecule has 16 heavy (non-hydrogen) atoms. The molecule has 1 heterocycles. The van der Waals surface area contributed by atoms with Gasteiger partial charge in [0.25, 0.3) is 0 Å². The maximum Gasteiger partial charge on any atom is 0.410 e. The summed E-state index contributed by atoms with van der Waals surface area (Å²) < 4.78 is 5.26. The van der Waals surface area contributed by atoms with Crippen LogP contribution >= 0.6 is 0 Å². The van der Waals surface area contributed by atoms with Gasteiger partial charge in [-0.1, -0.05) is 0 Å². The summed E-state index contributed by atoms with van der Waals surface area (Å²) in [6.07, 6.45) is 0.914. The summed E-state index contributed by atoms with van der Waals surface area (Å²) >= 11 is 0. The first-order valence-corrected chi connectivity index (χ1v) is 5.63. The molecule has 1 saturated heterocycles. The van der Waals surface area contributed by atoms with Gasteiger partial charge in [-0.15, -0.1) is 0 Å². The molecular weight excluding hydrogens is 208 g/mol. The van der Waals surface area contributed by atoms with Gasteiger partial charge in [0.1, 0.15) is 5.60 Å². The first-order chi connectivity index (χ1) is 7.26. The lowest BCUT2D eigenvalue weighted by molar-refractivity contribution is 0.0281. The van der Waals surface area contributed by atoms with E-state index in [2.05, 4.69) is 0 Å². The van der Waals surface area contributed by atoms with E-state index in [9.17, 15) is 4.79 Å². The Bertz CT molecular complexity index is 262. The summed E-state index contributed by atoms with van der Waals surface area (Å²) in [5, 5.41) is 8.89. The van der Waals surface area contributed by atoms with Crippen LogP contribution in [0.1, 0.15) is 33.6 Å². The Hall–Kier alpha value is -0.810. The Labute approximate surface area is 96.6 Å². The van der Waals surface area contributed by atoms with Crippen molar-refractivity contribution in [3.8, 4) is 0 Å². The molecule has 0 aromatic heterocycles. The number of nitrogens with two attached hydrogens (primary N) is 1. The predicted octanol–water partition coefficient (Wildman–Crippen LogP) is 0.707. The second-order valence-electron chi connectivity index (χ2n) is 5.49. The molecule has 0 aliphatic carbocycles. The lowest BCUT2D eigenvalue weighted by Gasteiger charge is -2.26. The van der Waals surface area contributed by atoms with Crippen LogP contribution < -0.4 is 5.73 Å². The quantitative estimate of drug-likeness (QED) is 0.732. The molecule has 1 atom stereocenters. The summed E-state index contributed by atoms with van der Waals surface area (Å²) in [4.78, 5) is 13.4. The van der Waals surface area contributed by atoms with Crippen molar-refractivity contribution in [3.05, 3.63) is 0 Å². The molecule has 94 valence electrons. The number of carbonyl (C=O) groups excluding carboxylic acids is 1. The van der Waals surface area contributed by atoms with E-state index >= 15 is 0 Å². The molecule has 0 bridgehead atoms. The molecule has 1 fully saturated rings. The van der Waals surface area contributed by atoms with Gasteiger partial charge >= 0.3 is 6.09 Å². The summed E-state index contributed by atoms with van der Waals surface area (Å²) in [6.45, 7) is 6.63. The van der Waals surface area contributed by atoms with E-state index in [0.29, 0.717) is 25.9 Å². The topological polar surface area (TPSA) is 75.8 Å². The predicted molar refractivity (Wildman–Crippen MR) is 61.0 cm³/mol. The van der Waals surface area contributed by atoms with E-state index in [4.69, 9.17) is 15.6 Å². The average Bonchev–Trinajstić information content (AvgIpc) is 2.45. The van der Waals surface area contributed by atoms with Gasteiger partial charge in [0, 0.05) is 25.2 Å². The van der Waals surface area contributed by atoms with Gasteiger partial charge in [-0.2, -0.15) is 0 Å². The fraction of sp³-hybridized carbons (Fsp3) is 0.909. The van der Waals surface area contributed by atoms with Crippen molar-refractivity contribution in [2.75, 3.05) is 19.7 Å². The van der Waals surface area contributed by atoms with E-state index < -0.39 is 11.1 Å². The summed E-state index contributed by atoms with van der Waals surface area (Å²) in [5.41, 5.74) is 5.12. The zero-order valence-electron chi connectivity index (χ0n) is 10.3. The maximum atomic E-state index is 11.7. The number of hydrogen-bond acceptors (Lipinski definition) is 4.